The van der Waals surface area contributed by atoms with E-state index in [9.17, 15) is 22.8 Å². The lowest BCUT2D eigenvalue weighted by Crippen LogP contribution is -2.41. The van der Waals surface area contributed by atoms with Crippen LogP contribution in [0.5, 0.6) is 0 Å². The van der Waals surface area contributed by atoms with Gasteiger partial charge in [-0.25, -0.2) is 0 Å². The molecule has 0 radical (unpaired) electrons. The van der Waals surface area contributed by atoms with E-state index in [0.717, 1.165) is 14.2 Å². The maximum Gasteiger partial charge on any atom is 0.405 e. The van der Waals surface area contributed by atoms with Gasteiger partial charge in [-0.15, -0.1) is 11.3 Å². The van der Waals surface area contributed by atoms with Gasteiger partial charge in [0.15, 0.2) is 0 Å². The highest BCUT2D eigenvalue weighted by Crippen LogP contribution is 2.27. The maximum atomic E-state index is 12.0. The van der Waals surface area contributed by atoms with Gasteiger partial charge in [0.05, 0.1) is 15.2 Å². The van der Waals surface area contributed by atoms with E-state index in [4.69, 9.17) is 0 Å². The van der Waals surface area contributed by atoms with Gasteiger partial charge < -0.3 is 10.2 Å². The molecule has 0 aromatic carbocycles. The average molecular weight is 373 g/mol. The number of nitrogens with one attached hydrogen (secondary N) is 1. The Balaban J connectivity index is 2.56. The van der Waals surface area contributed by atoms with E-state index in [1.165, 1.54) is 18.4 Å². The molecule has 4 nitrogen and oxygen atoms in total. The largest absolute Gasteiger partial charge is 0.405 e. The van der Waals surface area contributed by atoms with Crippen LogP contribution in [0.2, 0.25) is 0 Å². The van der Waals surface area contributed by atoms with Crippen molar-refractivity contribution in [2.75, 3.05) is 20.1 Å². The Bertz CT molecular complexity index is 497. The molecule has 9 heteroatoms. The van der Waals surface area contributed by atoms with Crippen molar-refractivity contribution in [2.45, 2.75) is 13.1 Å². The Kier molecular flexibility index (Phi) is 5.58. The predicted octanol–water partition coefficient (Wildman–Crippen LogP) is 2.57. The molecule has 112 valence electrons. The number of hydrogen-bond acceptors (Lipinski definition) is 3. The van der Waals surface area contributed by atoms with Crippen molar-refractivity contribution in [3.05, 3.63) is 20.3 Å². The van der Waals surface area contributed by atoms with Gasteiger partial charge in [-0.1, -0.05) is 0 Å². The summed E-state index contributed by atoms with van der Waals surface area (Å²) >= 11 is 4.48. The molecule has 0 aliphatic carbocycles. The van der Waals surface area contributed by atoms with E-state index >= 15 is 0 Å². The first kappa shape index (κ1) is 17.0. The summed E-state index contributed by atoms with van der Waals surface area (Å²) in [5, 5.41) is 1.71. The first-order valence-corrected chi connectivity index (χ1v) is 7.06. The van der Waals surface area contributed by atoms with Crippen LogP contribution in [0.3, 0.4) is 0 Å². The molecule has 0 aliphatic heterocycles. The Hall–Kier alpha value is -1.09. The highest BCUT2D eigenvalue weighted by molar-refractivity contribution is 9.11. The van der Waals surface area contributed by atoms with Crippen LogP contribution in [-0.2, 0) is 4.79 Å². The number of halogens is 4. The van der Waals surface area contributed by atoms with Crippen molar-refractivity contribution in [1.82, 2.24) is 10.2 Å². The SMILES string of the molecule is Cc1cc(C(=O)N(C)CC(=O)NCC(F)(F)F)sc1Br. The second kappa shape index (κ2) is 6.57. The van der Waals surface area contributed by atoms with Gasteiger partial charge in [-0.3, -0.25) is 9.59 Å². The zero-order valence-corrected chi connectivity index (χ0v) is 13.1. The standard InChI is InChI=1S/C11H12BrF3N2O2S/c1-6-3-7(20-9(6)12)10(19)17(2)4-8(18)16-5-11(13,14)15/h3H,4-5H2,1-2H3,(H,16,18). The molecule has 0 spiro atoms. The minimum atomic E-state index is -4.46. The van der Waals surface area contributed by atoms with Crippen LogP contribution in [0.25, 0.3) is 0 Å². The van der Waals surface area contributed by atoms with Crippen LogP contribution >= 0.6 is 27.3 Å². The third-order valence-electron chi connectivity index (χ3n) is 2.28. The van der Waals surface area contributed by atoms with E-state index in [1.54, 1.807) is 11.4 Å². The third kappa shape index (κ3) is 5.12. The normalized spacial score (nSPS) is 11.3. The molecule has 1 heterocycles. The van der Waals surface area contributed by atoms with Gasteiger partial charge >= 0.3 is 6.18 Å². The van der Waals surface area contributed by atoms with E-state index in [1.807, 2.05) is 6.92 Å². The first-order chi connectivity index (χ1) is 9.10. The van der Waals surface area contributed by atoms with Crippen LogP contribution in [0, 0.1) is 6.92 Å². The first-order valence-electron chi connectivity index (χ1n) is 5.45. The molecular weight excluding hydrogens is 361 g/mol. The molecule has 1 N–H and O–H groups in total. The summed E-state index contributed by atoms with van der Waals surface area (Å²) in [7, 11) is 1.36. The monoisotopic (exact) mass is 372 g/mol. The quantitative estimate of drug-likeness (QED) is 0.882. The zero-order valence-electron chi connectivity index (χ0n) is 10.7. The summed E-state index contributed by atoms with van der Waals surface area (Å²) in [6.07, 6.45) is -4.46. The summed E-state index contributed by atoms with van der Waals surface area (Å²) < 4.78 is 36.6. The van der Waals surface area contributed by atoms with Crippen molar-refractivity contribution in [3.8, 4) is 0 Å². The van der Waals surface area contributed by atoms with Crippen LogP contribution in [-0.4, -0.2) is 43.0 Å². The number of likely N-dealkylation sites (N-methyl/N-ethyl adjacent to an activating group) is 1. The fourth-order valence-electron chi connectivity index (χ4n) is 1.30. The minimum Gasteiger partial charge on any atom is -0.345 e. The predicted molar refractivity (Wildman–Crippen MR) is 72.8 cm³/mol. The topological polar surface area (TPSA) is 49.4 Å². The summed E-state index contributed by atoms with van der Waals surface area (Å²) in [4.78, 5) is 24.7. The lowest BCUT2D eigenvalue weighted by Gasteiger charge is -2.16. The number of aryl methyl sites for hydroxylation is 1. The molecule has 1 aromatic heterocycles. The van der Waals surface area contributed by atoms with E-state index < -0.39 is 31.1 Å². The fraction of sp³-hybridized carbons (Fsp3) is 0.455. The van der Waals surface area contributed by atoms with Crippen molar-refractivity contribution < 1.29 is 22.8 Å². The Labute approximate surface area is 126 Å². The zero-order chi connectivity index (χ0) is 15.5. The summed E-state index contributed by atoms with van der Waals surface area (Å²) in [6, 6.07) is 1.65. The molecule has 1 rings (SSSR count). The van der Waals surface area contributed by atoms with Crippen molar-refractivity contribution in [1.29, 1.82) is 0 Å². The number of rotatable bonds is 4. The summed E-state index contributed by atoms with van der Waals surface area (Å²) in [5.74, 6) is -1.27. The van der Waals surface area contributed by atoms with Gasteiger partial charge in [-0.2, -0.15) is 13.2 Å². The van der Waals surface area contributed by atoms with Crippen LogP contribution in [0.1, 0.15) is 15.2 Å². The van der Waals surface area contributed by atoms with Gasteiger partial charge in [0, 0.05) is 7.05 Å². The van der Waals surface area contributed by atoms with Crippen LogP contribution in [0.15, 0.2) is 9.85 Å². The van der Waals surface area contributed by atoms with Crippen molar-refractivity contribution >= 4 is 39.1 Å². The molecule has 20 heavy (non-hydrogen) atoms. The van der Waals surface area contributed by atoms with Crippen molar-refractivity contribution in [3.63, 3.8) is 0 Å². The number of thiophene rings is 1. The number of amides is 2. The smallest absolute Gasteiger partial charge is 0.345 e. The van der Waals surface area contributed by atoms with Crippen molar-refractivity contribution in [2.24, 2.45) is 0 Å². The fourth-order valence-corrected chi connectivity index (χ4v) is 2.82. The lowest BCUT2D eigenvalue weighted by molar-refractivity contribution is -0.138. The van der Waals surface area contributed by atoms with E-state index in [0.29, 0.717) is 4.88 Å². The Morgan fingerprint density at radius 1 is 1.45 bits per heavy atom. The molecule has 2 amide bonds. The Morgan fingerprint density at radius 3 is 2.50 bits per heavy atom. The minimum absolute atomic E-state index is 0.411. The molecular formula is C11H12BrF3N2O2S. The second-order valence-electron chi connectivity index (χ2n) is 4.12. The van der Waals surface area contributed by atoms with Gasteiger partial charge in [0.2, 0.25) is 5.91 Å². The average Bonchev–Trinajstić information content (AvgIpc) is 2.65. The number of carbonyl (C=O) groups excluding carboxylic acids is 2. The molecule has 0 fully saturated rings. The molecule has 0 bridgehead atoms. The molecule has 0 saturated heterocycles. The molecule has 0 atom stereocenters. The summed E-state index contributed by atoms with van der Waals surface area (Å²) in [6.45, 7) is -0.0194. The molecule has 0 unspecified atom stereocenters. The third-order valence-corrected chi connectivity index (χ3v) is 4.41. The number of hydrogen-bond donors (Lipinski definition) is 1. The molecule has 0 saturated carbocycles. The molecule has 1 aromatic rings. The van der Waals surface area contributed by atoms with Gasteiger partial charge in [0.25, 0.3) is 5.91 Å². The van der Waals surface area contributed by atoms with E-state index in [-0.39, 0.29) is 0 Å². The number of carbonyl (C=O) groups is 2. The highest BCUT2D eigenvalue weighted by atomic mass is 79.9. The lowest BCUT2D eigenvalue weighted by atomic mass is 10.3. The Morgan fingerprint density at radius 2 is 2.05 bits per heavy atom. The number of nitrogens with zero attached hydrogens (tertiary/aromatic N) is 1. The maximum absolute atomic E-state index is 12.0. The second-order valence-corrected chi connectivity index (χ2v) is 6.49. The number of alkyl halides is 3. The highest BCUT2D eigenvalue weighted by Gasteiger charge is 2.28. The molecule has 0 aliphatic rings. The summed E-state index contributed by atoms with van der Waals surface area (Å²) in [5.41, 5.74) is 0.883. The van der Waals surface area contributed by atoms with Gasteiger partial charge in [0.1, 0.15) is 6.54 Å². The van der Waals surface area contributed by atoms with Crippen LogP contribution < -0.4 is 5.32 Å². The van der Waals surface area contributed by atoms with E-state index in [2.05, 4.69) is 15.9 Å². The van der Waals surface area contributed by atoms with Crippen LogP contribution in [0.4, 0.5) is 13.2 Å². The van der Waals surface area contributed by atoms with Gasteiger partial charge in [-0.05, 0) is 34.5 Å².